The summed E-state index contributed by atoms with van der Waals surface area (Å²) < 4.78 is 34.4. The van der Waals surface area contributed by atoms with Crippen LogP contribution in [0.15, 0.2) is 72.9 Å². The fourth-order valence-corrected chi connectivity index (χ4v) is 12.2. The van der Waals surface area contributed by atoms with Crippen LogP contribution >= 0.6 is 0 Å². The SMILES string of the molecule is CCCCCCC/C=C\C/C=C\C/C=C\CCCCCCCCCCCCCCC(=O)NC(COC1OC(CO)C(OC2OC(CO)C(OC3OC(CO)C(O)C(O)C3O)C(O)C2O)C(O)C1O)C(O)/C=C/CC/C=C/CC/C=C/CCCCCCCCCCCCCC. The van der Waals surface area contributed by atoms with Gasteiger partial charge in [0, 0.05) is 6.42 Å². The summed E-state index contributed by atoms with van der Waals surface area (Å²) in [5, 5.41) is 121. The van der Waals surface area contributed by atoms with E-state index in [0.717, 1.165) is 70.6 Å². The Morgan fingerprint density at radius 2 is 0.713 bits per heavy atom. The minimum atomic E-state index is -1.99. The summed E-state index contributed by atoms with van der Waals surface area (Å²) in [7, 11) is 0. The minimum Gasteiger partial charge on any atom is -0.394 e. The number of carbonyl (C=O) groups excluding carboxylic acids is 1. The largest absolute Gasteiger partial charge is 0.394 e. The molecule has 19 nitrogen and oxygen atoms in total. The molecular weight excluding hydrogens is 1200 g/mol. The van der Waals surface area contributed by atoms with E-state index in [9.17, 15) is 61.0 Å². The van der Waals surface area contributed by atoms with Crippen molar-refractivity contribution in [1.82, 2.24) is 5.32 Å². The molecule has 0 aliphatic carbocycles. The summed E-state index contributed by atoms with van der Waals surface area (Å²) >= 11 is 0. The summed E-state index contributed by atoms with van der Waals surface area (Å²) in [6, 6.07) is -1.00. The average molecular weight is 1340 g/mol. The normalized spacial score (nSPS) is 27.8. The van der Waals surface area contributed by atoms with Gasteiger partial charge in [0.15, 0.2) is 18.9 Å². The maximum atomic E-state index is 13.4. The monoisotopic (exact) mass is 1340 g/mol. The number of aliphatic hydroxyl groups excluding tert-OH is 11. The lowest BCUT2D eigenvalue weighted by Gasteiger charge is -2.48. The quantitative estimate of drug-likeness (QED) is 0.0199. The molecule has 0 spiro atoms. The van der Waals surface area contributed by atoms with Crippen LogP contribution in [0, 0.1) is 0 Å². The van der Waals surface area contributed by atoms with Crippen LogP contribution in [-0.4, -0.2) is 193 Å². The van der Waals surface area contributed by atoms with Crippen molar-refractivity contribution in [2.24, 2.45) is 0 Å². The van der Waals surface area contributed by atoms with Gasteiger partial charge in [0.05, 0.1) is 38.6 Å². The fraction of sp³-hybridized carbons (Fsp3) is 0.827. The summed E-state index contributed by atoms with van der Waals surface area (Å²) in [5.74, 6) is -0.292. The number of aliphatic hydroxyl groups is 11. The topological polar surface area (TPSA) is 307 Å². The minimum absolute atomic E-state index is 0.227. The summed E-state index contributed by atoms with van der Waals surface area (Å²) in [6.45, 7) is 1.71. The summed E-state index contributed by atoms with van der Waals surface area (Å²) in [4.78, 5) is 13.4. The molecule has 19 heteroatoms. The molecular formula is C75H133NO18. The van der Waals surface area contributed by atoms with E-state index in [2.05, 4.69) is 79.9 Å². The first kappa shape index (κ1) is 85.5. The molecule has 12 N–H and O–H groups in total. The van der Waals surface area contributed by atoms with E-state index in [-0.39, 0.29) is 18.9 Å². The zero-order valence-electron chi connectivity index (χ0n) is 57.9. The first-order valence-electron chi connectivity index (χ1n) is 37.2. The molecule has 3 aliphatic rings. The van der Waals surface area contributed by atoms with Gasteiger partial charge >= 0.3 is 0 Å². The molecule has 0 aromatic rings. The first-order valence-corrected chi connectivity index (χ1v) is 37.2. The van der Waals surface area contributed by atoms with E-state index in [1.165, 1.54) is 161 Å². The van der Waals surface area contributed by atoms with Gasteiger partial charge < -0.3 is 89.9 Å². The van der Waals surface area contributed by atoms with Crippen molar-refractivity contribution in [3.63, 3.8) is 0 Å². The van der Waals surface area contributed by atoms with Gasteiger partial charge in [-0.2, -0.15) is 0 Å². The van der Waals surface area contributed by atoms with E-state index >= 15 is 0 Å². The van der Waals surface area contributed by atoms with Crippen molar-refractivity contribution in [2.75, 3.05) is 26.4 Å². The lowest BCUT2D eigenvalue weighted by Crippen LogP contribution is -2.66. The molecule has 3 aliphatic heterocycles. The lowest BCUT2D eigenvalue weighted by molar-refractivity contribution is -0.379. The molecule has 0 aromatic heterocycles. The Hall–Kier alpha value is -2.77. The standard InChI is InChI=1S/C75H133NO18/c1-3-5-7-9-11-13-15-17-19-21-23-25-27-28-29-30-31-33-35-37-39-41-43-45-47-49-51-53-63(81)76-58(59(80)52-50-48-46-44-42-40-38-36-34-32-26-24-22-20-18-16-14-12-10-8-6-4-2)57-89-73-69(87)66(84)71(61(55-78)91-73)94-75-70(88)67(85)72(62(56-79)92-75)93-74-68(86)65(83)64(82)60(54-77)90-74/h15,17,21,23,27-28,34,36,42,44,50,52,58-62,64-75,77-80,82-88H,3-14,16,18-20,22,24-26,29-33,35,37-41,43,45-49,51,53-57H2,1-2H3,(H,76,81)/b17-15-,23-21-,28-27-,36-34+,44-42+,52-50+. The number of carbonyl (C=O) groups is 1. The van der Waals surface area contributed by atoms with Gasteiger partial charge in [-0.05, 0) is 83.5 Å². The molecule has 3 fully saturated rings. The maximum absolute atomic E-state index is 13.4. The van der Waals surface area contributed by atoms with Gasteiger partial charge in [-0.25, -0.2) is 0 Å². The van der Waals surface area contributed by atoms with Crippen LogP contribution in [0.5, 0.6) is 0 Å². The Labute approximate surface area is 566 Å². The first-order chi connectivity index (χ1) is 45.8. The highest BCUT2D eigenvalue weighted by Crippen LogP contribution is 2.33. The maximum Gasteiger partial charge on any atom is 0.220 e. The number of amides is 1. The van der Waals surface area contributed by atoms with Crippen LogP contribution in [0.4, 0.5) is 0 Å². The molecule has 3 heterocycles. The number of nitrogens with one attached hydrogen (secondary N) is 1. The van der Waals surface area contributed by atoms with Gasteiger partial charge in [-0.1, -0.05) is 247 Å². The molecule has 0 saturated carbocycles. The third-order valence-corrected chi connectivity index (χ3v) is 18.2. The Bertz CT molecular complexity index is 1980. The summed E-state index contributed by atoms with van der Waals surface area (Å²) in [6.07, 6.45) is 44.5. The third-order valence-electron chi connectivity index (χ3n) is 18.2. The zero-order chi connectivity index (χ0) is 68.2. The van der Waals surface area contributed by atoms with Crippen LogP contribution in [0.3, 0.4) is 0 Å². The number of hydrogen-bond acceptors (Lipinski definition) is 18. The lowest BCUT2D eigenvalue weighted by atomic mass is 9.96. The number of unbranched alkanes of at least 4 members (excludes halogenated alkanes) is 31. The van der Waals surface area contributed by atoms with Crippen molar-refractivity contribution < 1.29 is 89.4 Å². The number of hydrogen-bond donors (Lipinski definition) is 12. The van der Waals surface area contributed by atoms with Crippen LogP contribution in [-0.2, 0) is 33.2 Å². The molecule has 17 atom stereocenters. The molecule has 0 radical (unpaired) electrons. The highest BCUT2D eigenvalue weighted by atomic mass is 16.8. The van der Waals surface area contributed by atoms with Crippen molar-refractivity contribution >= 4 is 5.91 Å². The van der Waals surface area contributed by atoms with Gasteiger partial charge in [-0.3, -0.25) is 4.79 Å². The fourth-order valence-electron chi connectivity index (χ4n) is 12.2. The van der Waals surface area contributed by atoms with E-state index in [4.69, 9.17) is 28.4 Å². The van der Waals surface area contributed by atoms with Crippen LogP contribution in [0.25, 0.3) is 0 Å². The number of allylic oxidation sites excluding steroid dienone is 11. The molecule has 17 unspecified atom stereocenters. The smallest absolute Gasteiger partial charge is 0.220 e. The second-order valence-electron chi connectivity index (χ2n) is 26.4. The van der Waals surface area contributed by atoms with Crippen LogP contribution < -0.4 is 5.32 Å². The Morgan fingerprint density at radius 3 is 1.14 bits per heavy atom. The zero-order valence-corrected chi connectivity index (χ0v) is 57.9. The highest BCUT2D eigenvalue weighted by Gasteiger charge is 2.53. The predicted octanol–water partition coefficient (Wildman–Crippen LogP) is 10.9. The predicted molar refractivity (Wildman–Crippen MR) is 369 cm³/mol. The van der Waals surface area contributed by atoms with E-state index < -0.39 is 124 Å². The van der Waals surface area contributed by atoms with E-state index in [1.54, 1.807) is 6.08 Å². The van der Waals surface area contributed by atoms with E-state index in [1.807, 2.05) is 6.08 Å². The second kappa shape index (κ2) is 56.0. The molecule has 0 aromatic carbocycles. The van der Waals surface area contributed by atoms with Crippen molar-refractivity contribution in [1.29, 1.82) is 0 Å². The van der Waals surface area contributed by atoms with Gasteiger partial charge in [0.25, 0.3) is 0 Å². The molecule has 3 rings (SSSR count). The van der Waals surface area contributed by atoms with Crippen molar-refractivity contribution in [2.45, 2.75) is 369 Å². The highest BCUT2D eigenvalue weighted by molar-refractivity contribution is 5.76. The van der Waals surface area contributed by atoms with Crippen molar-refractivity contribution in [3.05, 3.63) is 72.9 Å². The number of rotatable bonds is 57. The van der Waals surface area contributed by atoms with Crippen LogP contribution in [0.1, 0.15) is 264 Å². The number of ether oxygens (including phenoxy) is 6. The van der Waals surface area contributed by atoms with E-state index in [0.29, 0.717) is 12.8 Å². The molecule has 546 valence electrons. The van der Waals surface area contributed by atoms with Gasteiger partial charge in [0.2, 0.25) is 5.91 Å². The summed E-state index contributed by atoms with van der Waals surface area (Å²) in [5.41, 5.74) is 0. The molecule has 1 amide bonds. The molecule has 3 saturated heterocycles. The van der Waals surface area contributed by atoms with Crippen molar-refractivity contribution in [3.8, 4) is 0 Å². The average Bonchev–Trinajstić information content (AvgIpc) is 0.787. The molecule has 0 bridgehead atoms. The van der Waals surface area contributed by atoms with Gasteiger partial charge in [-0.15, -0.1) is 0 Å². The Morgan fingerprint density at radius 1 is 0.383 bits per heavy atom. The van der Waals surface area contributed by atoms with Gasteiger partial charge in [0.1, 0.15) is 73.2 Å². The molecule has 94 heavy (non-hydrogen) atoms. The Kier molecular flexibility index (Phi) is 50.9. The second-order valence-corrected chi connectivity index (χ2v) is 26.4. The third kappa shape index (κ3) is 36.9. The Balaban J connectivity index is 1.43. The van der Waals surface area contributed by atoms with Crippen LogP contribution in [0.2, 0.25) is 0 Å².